The standard InChI is InChI=1S/C12H16N2OS/c1-9-13-11-4-3-10(7-12(11)15-9)5-6-14(2)8-16/h3-4,7,16H,5-6,8H2,1-2H3. The van der Waals surface area contributed by atoms with Crippen molar-refractivity contribution in [3.8, 4) is 0 Å². The third-order valence-electron chi connectivity index (χ3n) is 2.58. The molecule has 0 fully saturated rings. The monoisotopic (exact) mass is 236 g/mol. The summed E-state index contributed by atoms with van der Waals surface area (Å²) in [7, 11) is 2.06. The number of hydrogen-bond donors (Lipinski definition) is 1. The van der Waals surface area contributed by atoms with Gasteiger partial charge in [-0.2, -0.15) is 12.6 Å². The van der Waals surface area contributed by atoms with Crippen molar-refractivity contribution in [1.82, 2.24) is 9.88 Å². The molecule has 0 aliphatic carbocycles. The van der Waals surface area contributed by atoms with Crippen molar-refractivity contribution in [1.29, 1.82) is 0 Å². The van der Waals surface area contributed by atoms with Gasteiger partial charge in [0, 0.05) is 19.3 Å². The number of nitrogens with zero attached hydrogens (tertiary/aromatic N) is 2. The minimum absolute atomic E-state index is 0.722. The molecule has 1 aromatic carbocycles. The predicted octanol–water partition coefficient (Wildman–Crippen LogP) is 2.50. The molecule has 0 atom stereocenters. The molecule has 16 heavy (non-hydrogen) atoms. The van der Waals surface area contributed by atoms with Crippen LogP contribution in [-0.4, -0.2) is 29.4 Å². The van der Waals surface area contributed by atoms with Crippen molar-refractivity contribution < 1.29 is 4.42 Å². The van der Waals surface area contributed by atoms with Crippen LogP contribution in [-0.2, 0) is 6.42 Å². The van der Waals surface area contributed by atoms with Gasteiger partial charge in [0.15, 0.2) is 11.5 Å². The average molecular weight is 236 g/mol. The first-order chi connectivity index (χ1) is 7.69. The van der Waals surface area contributed by atoms with E-state index in [4.69, 9.17) is 4.42 Å². The van der Waals surface area contributed by atoms with Gasteiger partial charge in [0.1, 0.15) is 5.52 Å². The normalized spacial score (nSPS) is 11.5. The number of likely N-dealkylation sites (N-methyl/N-ethyl adjacent to an activating group) is 1. The highest BCUT2D eigenvalue weighted by molar-refractivity contribution is 7.80. The summed E-state index contributed by atoms with van der Waals surface area (Å²) in [5, 5.41) is 0. The molecule has 1 heterocycles. The highest BCUT2D eigenvalue weighted by Gasteiger charge is 2.03. The second kappa shape index (κ2) is 4.89. The quantitative estimate of drug-likeness (QED) is 0.653. The Morgan fingerprint density at radius 2 is 2.25 bits per heavy atom. The molecule has 0 saturated heterocycles. The topological polar surface area (TPSA) is 29.3 Å². The molecule has 2 rings (SSSR count). The predicted molar refractivity (Wildman–Crippen MR) is 68.9 cm³/mol. The molecule has 0 unspecified atom stereocenters. The maximum Gasteiger partial charge on any atom is 0.192 e. The molecular formula is C12H16N2OS. The van der Waals surface area contributed by atoms with Crippen LogP contribution >= 0.6 is 12.6 Å². The lowest BCUT2D eigenvalue weighted by atomic mass is 10.1. The van der Waals surface area contributed by atoms with Crippen LogP contribution in [0.1, 0.15) is 11.5 Å². The van der Waals surface area contributed by atoms with E-state index in [0.29, 0.717) is 0 Å². The van der Waals surface area contributed by atoms with E-state index >= 15 is 0 Å². The lowest BCUT2D eigenvalue weighted by Gasteiger charge is -2.12. The Morgan fingerprint density at radius 3 is 3.00 bits per heavy atom. The van der Waals surface area contributed by atoms with Crippen molar-refractivity contribution in [2.45, 2.75) is 13.3 Å². The maximum atomic E-state index is 5.50. The van der Waals surface area contributed by atoms with Gasteiger partial charge < -0.3 is 4.42 Å². The van der Waals surface area contributed by atoms with Gasteiger partial charge in [-0.15, -0.1) is 0 Å². The van der Waals surface area contributed by atoms with Crippen molar-refractivity contribution >= 4 is 23.7 Å². The second-order valence-corrected chi connectivity index (χ2v) is 4.29. The van der Waals surface area contributed by atoms with Gasteiger partial charge in [0.2, 0.25) is 0 Å². The van der Waals surface area contributed by atoms with E-state index < -0.39 is 0 Å². The number of aryl methyl sites for hydroxylation is 1. The first kappa shape index (κ1) is 11.5. The molecule has 0 radical (unpaired) electrons. The number of aromatic nitrogens is 1. The first-order valence-electron chi connectivity index (χ1n) is 5.34. The zero-order valence-electron chi connectivity index (χ0n) is 9.60. The molecule has 2 aromatic rings. The van der Waals surface area contributed by atoms with Crippen LogP contribution in [0.15, 0.2) is 22.6 Å². The van der Waals surface area contributed by atoms with Crippen LogP contribution in [0.5, 0.6) is 0 Å². The fourth-order valence-electron chi connectivity index (χ4n) is 1.63. The van der Waals surface area contributed by atoms with E-state index in [1.54, 1.807) is 0 Å². The van der Waals surface area contributed by atoms with Crippen molar-refractivity contribution in [2.75, 3.05) is 19.5 Å². The molecule has 3 nitrogen and oxygen atoms in total. The van der Waals surface area contributed by atoms with Crippen molar-refractivity contribution in [3.05, 3.63) is 29.7 Å². The maximum absolute atomic E-state index is 5.50. The van der Waals surface area contributed by atoms with Crippen LogP contribution in [0.3, 0.4) is 0 Å². The molecule has 0 spiro atoms. The smallest absolute Gasteiger partial charge is 0.192 e. The van der Waals surface area contributed by atoms with E-state index in [1.165, 1.54) is 5.56 Å². The van der Waals surface area contributed by atoms with Gasteiger partial charge in [0.25, 0.3) is 0 Å². The Kier molecular flexibility index (Phi) is 3.51. The zero-order chi connectivity index (χ0) is 11.5. The SMILES string of the molecule is Cc1nc2ccc(CCN(C)CS)cc2o1. The Hall–Kier alpha value is -1.00. The molecule has 0 aliphatic heterocycles. The molecule has 86 valence electrons. The Labute approximate surface area is 101 Å². The Morgan fingerprint density at radius 1 is 1.44 bits per heavy atom. The summed E-state index contributed by atoms with van der Waals surface area (Å²) < 4.78 is 5.50. The van der Waals surface area contributed by atoms with Crippen LogP contribution in [0.2, 0.25) is 0 Å². The van der Waals surface area contributed by atoms with Crippen LogP contribution < -0.4 is 0 Å². The molecule has 0 saturated carbocycles. The lowest BCUT2D eigenvalue weighted by Crippen LogP contribution is -2.19. The summed E-state index contributed by atoms with van der Waals surface area (Å²) in [6.07, 6.45) is 1.01. The first-order valence-corrected chi connectivity index (χ1v) is 5.98. The van der Waals surface area contributed by atoms with E-state index in [1.807, 2.05) is 13.0 Å². The van der Waals surface area contributed by atoms with Gasteiger partial charge in [-0.25, -0.2) is 4.98 Å². The molecule has 1 aromatic heterocycles. The zero-order valence-corrected chi connectivity index (χ0v) is 10.5. The second-order valence-electron chi connectivity index (χ2n) is 4.01. The number of hydrogen-bond acceptors (Lipinski definition) is 4. The van der Waals surface area contributed by atoms with Crippen molar-refractivity contribution in [2.24, 2.45) is 0 Å². The minimum Gasteiger partial charge on any atom is -0.441 e. The Bertz CT molecular complexity index is 481. The average Bonchev–Trinajstić information content (AvgIpc) is 2.65. The number of rotatable bonds is 4. The Balaban J connectivity index is 2.13. The number of fused-ring (bicyclic) bond motifs is 1. The summed E-state index contributed by atoms with van der Waals surface area (Å²) in [6.45, 7) is 2.87. The molecule has 0 aliphatic rings. The van der Waals surface area contributed by atoms with Gasteiger partial charge in [0.05, 0.1) is 0 Å². The third-order valence-corrected chi connectivity index (χ3v) is 3.07. The van der Waals surface area contributed by atoms with Crippen LogP contribution in [0.4, 0.5) is 0 Å². The van der Waals surface area contributed by atoms with E-state index in [2.05, 4.69) is 41.7 Å². The number of benzene rings is 1. The largest absolute Gasteiger partial charge is 0.441 e. The fraction of sp³-hybridized carbons (Fsp3) is 0.417. The van der Waals surface area contributed by atoms with E-state index in [-0.39, 0.29) is 0 Å². The van der Waals surface area contributed by atoms with Gasteiger partial charge in [-0.3, -0.25) is 4.90 Å². The third kappa shape index (κ3) is 2.57. The summed E-state index contributed by atoms with van der Waals surface area (Å²) in [4.78, 5) is 6.44. The van der Waals surface area contributed by atoms with E-state index in [9.17, 15) is 0 Å². The van der Waals surface area contributed by atoms with Crippen LogP contribution in [0.25, 0.3) is 11.1 Å². The summed E-state index contributed by atoms with van der Waals surface area (Å²) in [5.74, 6) is 1.50. The van der Waals surface area contributed by atoms with Crippen molar-refractivity contribution in [3.63, 3.8) is 0 Å². The minimum atomic E-state index is 0.722. The molecule has 0 bridgehead atoms. The summed E-state index contributed by atoms with van der Waals surface area (Å²) in [6, 6.07) is 6.19. The summed E-state index contributed by atoms with van der Waals surface area (Å²) in [5.41, 5.74) is 3.09. The summed E-state index contributed by atoms with van der Waals surface area (Å²) >= 11 is 4.22. The molecular weight excluding hydrogens is 220 g/mol. The van der Waals surface area contributed by atoms with Gasteiger partial charge >= 0.3 is 0 Å². The molecule has 0 N–H and O–H groups in total. The van der Waals surface area contributed by atoms with Crippen LogP contribution in [0, 0.1) is 6.92 Å². The van der Waals surface area contributed by atoms with Gasteiger partial charge in [-0.05, 0) is 31.2 Å². The number of oxazole rings is 1. The lowest BCUT2D eigenvalue weighted by molar-refractivity contribution is 0.399. The highest BCUT2D eigenvalue weighted by atomic mass is 32.1. The molecule has 0 amide bonds. The van der Waals surface area contributed by atoms with Gasteiger partial charge in [-0.1, -0.05) is 6.07 Å². The molecule has 4 heteroatoms. The fourth-order valence-corrected chi connectivity index (χ4v) is 1.77. The number of thiol groups is 1. The highest BCUT2D eigenvalue weighted by Crippen LogP contribution is 2.17. The van der Waals surface area contributed by atoms with E-state index in [0.717, 1.165) is 35.8 Å².